The summed E-state index contributed by atoms with van der Waals surface area (Å²) in [6, 6.07) is 5.20. The number of halogens is 4. The van der Waals surface area contributed by atoms with E-state index in [9.17, 15) is 13.6 Å². The Hall–Kier alpha value is -1.55. The minimum atomic E-state index is -0.746. The molecule has 0 atom stereocenters. The van der Waals surface area contributed by atoms with E-state index >= 15 is 0 Å². The summed E-state index contributed by atoms with van der Waals surface area (Å²) in [5, 5.41) is 0.305. The maximum Gasteiger partial charge on any atom is 0.295 e. The first-order valence-corrected chi connectivity index (χ1v) is 10.1. The summed E-state index contributed by atoms with van der Waals surface area (Å²) in [4.78, 5) is 20.8. The Kier molecular flexibility index (Phi) is 7.94. The number of hydrogen-bond donors (Lipinski definition) is 0. The Morgan fingerprint density at radius 3 is 2.54 bits per heavy atom. The number of nitrogens with zero attached hydrogens (tertiary/aromatic N) is 3. The largest absolute Gasteiger partial charge is 0.444 e. The van der Waals surface area contributed by atoms with E-state index in [1.807, 2.05) is 13.8 Å². The summed E-state index contributed by atoms with van der Waals surface area (Å²) in [6.45, 7) is 6.72. The highest BCUT2D eigenvalue weighted by Crippen LogP contribution is 2.32. The second kappa shape index (κ2) is 9.78. The van der Waals surface area contributed by atoms with Gasteiger partial charge in [-0.3, -0.25) is 9.69 Å². The first-order valence-electron chi connectivity index (χ1n) is 8.48. The van der Waals surface area contributed by atoms with Crippen molar-refractivity contribution in [2.24, 2.45) is 0 Å². The lowest BCUT2D eigenvalue weighted by Gasteiger charge is -2.24. The molecule has 10 heteroatoms. The van der Waals surface area contributed by atoms with E-state index in [0.29, 0.717) is 27.6 Å². The van der Waals surface area contributed by atoms with Crippen molar-refractivity contribution >= 4 is 60.9 Å². The topological polar surface area (TPSA) is 49.6 Å². The second-order valence-corrected chi connectivity index (χ2v) is 7.61. The number of hydrogen-bond acceptors (Lipinski definition) is 5. The van der Waals surface area contributed by atoms with E-state index in [-0.39, 0.29) is 29.6 Å². The molecule has 0 radical (unpaired) electrons. The summed E-state index contributed by atoms with van der Waals surface area (Å²) in [5.74, 6) is -1.66. The minimum absolute atomic E-state index is 0. The van der Waals surface area contributed by atoms with Crippen molar-refractivity contribution in [1.82, 2.24) is 9.88 Å². The first-order chi connectivity index (χ1) is 12.9. The van der Waals surface area contributed by atoms with Gasteiger partial charge in [0, 0.05) is 19.2 Å². The average Bonchev–Trinajstić information content (AvgIpc) is 3.25. The number of rotatable bonds is 7. The molecule has 152 valence electrons. The Balaban J connectivity index is 0.00000280. The maximum absolute atomic E-state index is 14.0. The van der Waals surface area contributed by atoms with Gasteiger partial charge in [0.25, 0.3) is 5.91 Å². The molecule has 28 heavy (non-hydrogen) atoms. The predicted octanol–water partition coefficient (Wildman–Crippen LogP) is 5.34. The normalized spacial score (nSPS) is 11.1. The fraction of sp³-hybridized carbons (Fsp3) is 0.333. The molecule has 0 saturated carbocycles. The number of fused-ring (bicyclic) bond motifs is 1. The Bertz CT molecular complexity index is 962. The number of carbonyl (C=O) groups is 1. The van der Waals surface area contributed by atoms with Crippen molar-refractivity contribution in [2.75, 3.05) is 31.1 Å². The Labute approximate surface area is 179 Å². The number of carbonyl (C=O) groups excluding carboxylic acids is 1. The molecule has 3 rings (SSSR count). The number of benzene rings is 1. The zero-order valence-corrected chi connectivity index (χ0v) is 18.5. The maximum atomic E-state index is 14.0. The Morgan fingerprint density at radius 2 is 1.93 bits per heavy atom. The molecule has 0 aliphatic heterocycles. The fourth-order valence-electron chi connectivity index (χ4n) is 2.69. The van der Waals surface area contributed by atoms with Crippen LogP contribution in [0.3, 0.4) is 0 Å². The zero-order chi connectivity index (χ0) is 19.6. The SMILES string of the molecule is CCN(CC)CCN(C(=O)c1ccc(Br)o1)c1nc2c(F)cc(F)cc2s1.Cl. The van der Waals surface area contributed by atoms with E-state index in [4.69, 9.17) is 4.42 Å². The predicted molar refractivity (Wildman–Crippen MR) is 113 cm³/mol. The van der Waals surface area contributed by atoms with Crippen LogP contribution in [0.2, 0.25) is 0 Å². The number of aromatic nitrogens is 1. The van der Waals surface area contributed by atoms with E-state index < -0.39 is 11.6 Å². The van der Waals surface area contributed by atoms with E-state index in [0.717, 1.165) is 30.5 Å². The van der Waals surface area contributed by atoms with Crippen LogP contribution in [0.1, 0.15) is 24.4 Å². The molecule has 3 aromatic rings. The molecule has 0 saturated heterocycles. The third kappa shape index (κ3) is 4.89. The molecule has 0 aliphatic rings. The molecule has 1 aromatic carbocycles. The summed E-state index contributed by atoms with van der Waals surface area (Å²) in [6.07, 6.45) is 0. The van der Waals surface area contributed by atoms with Crippen molar-refractivity contribution in [3.63, 3.8) is 0 Å². The van der Waals surface area contributed by atoms with Crippen LogP contribution in [0.4, 0.5) is 13.9 Å². The number of amides is 1. The quantitative estimate of drug-likeness (QED) is 0.445. The smallest absolute Gasteiger partial charge is 0.295 e. The van der Waals surface area contributed by atoms with Gasteiger partial charge in [0.2, 0.25) is 0 Å². The standard InChI is InChI=1S/C18H18BrF2N3O2S.ClH/c1-3-23(4-2)7-8-24(17(25)13-5-6-15(19)26-13)18-22-16-12(21)9-11(20)10-14(16)27-18;/h5-6,9-10H,3-4,7-8H2,1-2H3;1H. The van der Waals surface area contributed by atoms with Gasteiger partial charge in [-0.05, 0) is 47.2 Å². The van der Waals surface area contributed by atoms with Gasteiger partial charge in [0.15, 0.2) is 21.4 Å². The van der Waals surface area contributed by atoms with Crippen LogP contribution >= 0.6 is 39.7 Å². The second-order valence-electron chi connectivity index (χ2n) is 5.82. The third-order valence-corrected chi connectivity index (χ3v) is 5.65. The van der Waals surface area contributed by atoms with Crippen LogP contribution in [0.25, 0.3) is 10.2 Å². The van der Waals surface area contributed by atoms with Crippen molar-refractivity contribution in [2.45, 2.75) is 13.8 Å². The first kappa shape index (κ1) is 22.7. The molecule has 0 unspecified atom stereocenters. The molecule has 1 amide bonds. The van der Waals surface area contributed by atoms with Gasteiger partial charge in [0.1, 0.15) is 11.3 Å². The van der Waals surface area contributed by atoms with Gasteiger partial charge >= 0.3 is 0 Å². The van der Waals surface area contributed by atoms with Crippen LogP contribution in [-0.2, 0) is 0 Å². The minimum Gasteiger partial charge on any atom is -0.444 e. The summed E-state index contributed by atoms with van der Waals surface area (Å²) < 4.78 is 33.7. The van der Waals surface area contributed by atoms with Gasteiger partial charge in [-0.15, -0.1) is 12.4 Å². The number of anilines is 1. The summed E-state index contributed by atoms with van der Waals surface area (Å²) in [7, 11) is 0. The molecule has 0 N–H and O–H groups in total. The van der Waals surface area contributed by atoms with Crippen LogP contribution in [0.15, 0.2) is 33.4 Å². The molecule has 5 nitrogen and oxygen atoms in total. The van der Waals surface area contributed by atoms with Crippen molar-refractivity contribution in [1.29, 1.82) is 0 Å². The van der Waals surface area contributed by atoms with E-state index in [1.165, 1.54) is 11.0 Å². The van der Waals surface area contributed by atoms with Crippen molar-refractivity contribution in [3.05, 3.63) is 46.3 Å². The molecule has 0 fully saturated rings. The van der Waals surface area contributed by atoms with Gasteiger partial charge < -0.3 is 9.32 Å². The third-order valence-electron chi connectivity index (χ3n) is 4.20. The van der Waals surface area contributed by atoms with Gasteiger partial charge in [-0.1, -0.05) is 25.2 Å². The highest BCUT2D eigenvalue weighted by molar-refractivity contribution is 9.10. The van der Waals surface area contributed by atoms with Crippen molar-refractivity contribution in [3.8, 4) is 0 Å². The van der Waals surface area contributed by atoms with Gasteiger partial charge in [0.05, 0.1) is 4.70 Å². The van der Waals surface area contributed by atoms with Crippen LogP contribution in [0, 0.1) is 11.6 Å². The van der Waals surface area contributed by atoms with Crippen LogP contribution in [-0.4, -0.2) is 42.0 Å². The van der Waals surface area contributed by atoms with Crippen molar-refractivity contribution < 1.29 is 18.0 Å². The monoisotopic (exact) mass is 493 g/mol. The summed E-state index contributed by atoms with van der Waals surface area (Å²) >= 11 is 4.26. The average molecular weight is 495 g/mol. The Morgan fingerprint density at radius 1 is 1.21 bits per heavy atom. The fourth-order valence-corrected chi connectivity index (χ4v) is 4.02. The highest BCUT2D eigenvalue weighted by Gasteiger charge is 2.25. The highest BCUT2D eigenvalue weighted by atomic mass is 79.9. The molecular formula is C18H19BrClF2N3O2S. The van der Waals surface area contributed by atoms with Gasteiger partial charge in [-0.25, -0.2) is 13.8 Å². The molecule has 0 bridgehead atoms. The summed E-state index contributed by atoms with van der Waals surface area (Å²) in [5.41, 5.74) is 0.0534. The zero-order valence-electron chi connectivity index (χ0n) is 15.2. The van der Waals surface area contributed by atoms with E-state index in [1.54, 1.807) is 12.1 Å². The van der Waals surface area contributed by atoms with Crippen LogP contribution in [0.5, 0.6) is 0 Å². The lowest BCUT2D eigenvalue weighted by molar-refractivity contribution is 0.0956. The molecule has 0 aliphatic carbocycles. The lowest BCUT2D eigenvalue weighted by atomic mass is 10.3. The molecular weight excluding hydrogens is 476 g/mol. The van der Waals surface area contributed by atoms with E-state index in [2.05, 4.69) is 25.8 Å². The number of likely N-dealkylation sites (N-methyl/N-ethyl adjacent to an activating group) is 1. The number of furan rings is 1. The lowest BCUT2D eigenvalue weighted by Crippen LogP contribution is -2.38. The van der Waals surface area contributed by atoms with Crippen LogP contribution < -0.4 is 4.90 Å². The molecule has 2 aromatic heterocycles. The molecule has 2 heterocycles. The molecule has 0 spiro atoms. The van der Waals surface area contributed by atoms with Gasteiger partial charge in [-0.2, -0.15) is 0 Å². The number of thiazole rings is 1.